The van der Waals surface area contributed by atoms with Crippen LogP contribution in [0.15, 0.2) is 24.4 Å². The molecule has 0 radical (unpaired) electrons. The zero-order chi connectivity index (χ0) is 20.0. The molecule has 0 atom stereocenters. The van der Waals surface area contributed by atoms with Crippen molar-refractivity contribution in [1.29, 1.82) is 10.7 Å². The van der Waals surface area contributed by atoms with E-state index in [1.807, 2.05) is 6.07 Å². The van der Waals surface area contributed by atoms with Crippen LogP contribution in [0, 0.1) is 16.7 Å². The molecule has 0 saturated carbocycles. The Balaban J connectivity index is 2.40. The van der Waals surface area contributed by atoms with Crippen molar-refractivity contribution in [3.63, 3.8) is 0 Å². The third-order valence-electron chi connectivity index (χ3n) is 3.37. The number of nitriles is 1. The molecule has 0 fully saturated rings. The van der Waals surface area contributed by atoms with E-state index in [0.717, 1.165) is 6.21 Å². The second-order valence-corrected chi connectivity index (χ2v) is 5.80. The lowest BCUT2D eigenvalue weighted by molar-refractivity contribution is -0.137. The SMILES string of the molecule is CC(C)Nc1nc(Nc2cccc(NCC#N)c2C=N)ncc1C(F)(F)F. The number of hydrogen-bond donors (Lipinski definition) is 4. The molecule has 0 unspecified atom stereocenters. The number of nitrogens with one attached hydrogen (secondary N) is 4. The van der Waals surface area contributed by atoms with Crippen LogP contribution >= 0.6 is 0 Å². The fraction of sp³-hybridized carbons (Fsp3) is 0.294. The van der Waals surface area contributed by atoms with Gasteiger partial charge >= 0.3 is 6.18 Å². The normalized spacial score (nSPS) is 11.0. The molecule has 4 N–H and O–H groups in total. The first-order chi connectivity index (χ1) is 12.8. The Morgan fingerprint density at radius 1 is 1.30 bits per heavy atom. The van der Waals surface area contributed by atoms with E-state index in [1.54, 1.807) is 32.0 Å². The highest BCUT2D eigenvalue weighted by molar-refractivity contribution is 5.94. The molecule has 142 valence electrons. The maximum Gasteiger partial charge on any atom is 0.421 e. The summed E-state index contributed by atoms with van der Waals surface area (Å²) in [5, 5.41) is 24.6. The van der Waals surface area contributed by atoms with Crippen LogP contribution in [0.3, 0.4) is 0 Å². The van der Waals surface area contributed by atoms with E-state index >= 15 is 0 Å². The van der Waals surface area contributed by atoms with Crippen molar-refractivity contribution >= 4 is 29.4 Å². The van der Waals surface area contributed by atoms with Gasteiger partial charge in [0.2, 0.25) is 5.95 Å². The molecular weight excluding hydrogens is 359 g/mol. The van der Waals surface area contributed by atoms with E-state index in [2.05, 4.69) is 25.9 Å². The van der Waals surface area contributed by atoms with Crippen molar-refractivity contribution < 1.29 is 13.2 Å². The number of halogens is 3. The van der Waals surface area contributed by atoms with Crippen molar-refractivity contribution in [3.05, 3.63) is 35.5 Å². The number of anilines is 4. The van der Waals surface area contributed by atoms with Crippen LogP contribution in [-0.4, -0.2) is 28.8 Å². The Hall–Kier alpha value is -3.35. The standard InChI is InChI=1S/C17H18F3N7/c1-10(2)25-15-12(17(18,19)20)9-24-16(27-15)26-14-5-3-4-13(11(14)8-22)23-7-6-21/h3-5,8-10,22-23H,7H2,1-2H3,(H2,24,25,26,27). The number of hydrogen-bond acceptors (Lipinski definition) is 7. The Morgan fingerprint density at radius 2 is 2.00 bits per heavy atom. The van der Waals surface area contributed by atoms with Crippen LogP contribution in [0.2, 0.25) is 0 Å². The molecule has 0 spiro atoms. The number of rotatable bonds is 7. The van der Waals surface area contributed by atoms with Crippen LogP contribution in [0.25, 0.3) is 0 Å². The maximum atomic E-state index is 13.1. The summed E-state index contributed by atoms with van der Waals surface area (Å²) in [6.07, 6.45) is -2.81. The lowest BCUT2D eigenvalue weighted by Gasteiger charge is -2.17. The van der Waals surface area contributed by atoms with Gasteiger partial charge in [-0.1, -0.05) is 6.07 Å². The van der Waals surface area contributed by atoms with Gasteiger partial charge in [0.05, 0.1) is 11.8 Å². The molecule has 0 aliphatic rings. The van der Waals surface area contributed by atoms with E-state index < -0.39 is 11.7 Å². The van der Waals surface area contributed by atoms with Gasteiger partial charge in [-0.25, -0.2) is 4.98 Å². The molecule has 0 amide bonds. The van der Waals surface area contributed by atoms with E-state index in [-0.39, 0.29) is 24.4 Å². The monoisotopic (exact) mass is 377 g/mol. The van der Waals surface area contributed by atoms with E-state index in [0.29, 0.717) is 23.1 Å². The van der Waals surface area contributed by atoms with Gasteiger partial charge in [0, 0.05) is 29.7 Å². The summed E-state index contributed by atoms with van der Waals surface area (Å²) in [4.78, 5) is 7.69. The molecule has 2 rings (SSSR count). The first-order valence-electron chi connectivity index (χ1n) is 7.98. The summed E-state index contributed by atoms with van der Waals surface area (Å²) >= 11 is 0. The van der Waals surface area contributed by atoms with Crippen LogP contribution in [0.1, 0.15) is 25.0 Å². The molecule has 10 heteroatoms. The third kappa shape index (κ3) is 5.07. The fourth-order valence-electron chi connectivity index (χ4n) is 2.27. The molecule has 2 aromatic rings. The van der Waals surface area contributed by atoms with Gasteiger partial charge in [-0.3, -0.25) is 0 Å². The second-order valence-electron chi connectivity index (χ2n) is 5.80. The molecule has 0 aliphatic heterocycles. The van der Waals surface area contributed by atoms with Crippen molar-refractivity contribution in [1.82, 2.24) is 9.97 Å². The molecule has 27 heavy (non-hydrogen) atoms. The largest absolute Gasteiger partial charge is 0.421 e. The number of alkyl halides is 3. The predicted octanol–water partition coefficient (Wildman–Crippen LogP) is 3.99. The number of aromatic nitrogens is 2. The quantitative estimate of drug-likeness (QED) is 0.429. The van der Waals surface area contributed by atoms with Gasteiger partial charge in [0.1, 0.15) is 17.9 Å². The summed E-state index contributed by atoms with van der Waals surface area (Å²) in [5.41, 5.74) is 0.417. The molecular formula is C17H18F3N7. The van der Waals surface area contributed by atoms with Crippen molar-refractivity contribution in [2.24, 2.45) is 0 Å². The lowest BCUT2D eigenvalue weighted by atomic mass is 10.1. The number of benzene rings is 1. The summed E-state index contributed by atoms with van der Waals surface area (Å²) in [6, 6.07) is 6.67. The fourth-order valence-corrected chi connectivity index (χ4v) is 2.27. The first kappa shape index (κ1) is 20.0. The summed E-state index contributed by atoms with van der Waals surface area (Å²) < 4.78 is 39.4. The van der Waals surface area contributed by atoms with Crippen LogP contribution in [0.4, 0.5) is 36.3 Å². The smallest absolute Gasteiger partial charge is 0.372 e. The molecule has 0 saturated heterocycles. The predicted molar refractivity (Wildman–Crippen MR) is 97.5 cm³/mol. The topological polar surface area (TPSA) is 110 Å². The average Bonchev–Trinajstić information content (AvgIpc) is 2.58. The summed E-state index contributed by atoms with van der Waals surface area (Å²) in [6.45, 7) is 3.45. The minimum atomic E-state index is -4.59. The maximum absolute atomic E-state index is 13.1. The molecule has 7 nitrogen and oxygen atoms in total. The highest BCUT2D eigenvalue weighted by Gasteiger charge is 2.35. The van der Waals surface area contributed by atoms with Gasteiger partial charge in [-0.05, 0) is 26.0 Å². The van der Waals surface area contributed by atoms with Crippen molar-refractivity contribution in [2.75, 3.05) is 22.5 Å². The van der Waals surface area contributed by atoms with E-state index in [4.69, 9.17) is 10.7 Å². The molecule has 1 aromatic heterocycles. The van der Waals surface area contributed by atoms with Crippen LogP contribution in [-0.2, 0) is 6.18 Å². The Kier molecular flexibility index (Phi) is 6.18. The minimum absolute atomic E-state index is 0.0452. The Bertz CT molecular complexity index is 857. The van der Waals surface area contributed by atoms with E-state index in [1.165, 1.54) is 0 Å². The second kappa shape index (κ2) is 8.35. The molecule has 1 heterocycles. The van der Waals surface area contributed by atoms with Gasteiger partial charge < -0.3 is 21.4 Å². The van der Waals surface area contributed by atoms with Crippen LogP contribution < -0.4 is 16.0 Å². The zero-order valence-electron chi connectivity index (χ0n) is 14.6. The van der Waals surface area contributed by atoms with Crippen molar-refractivity contribution in [2.45, 2.75) is 26.1 Å². The Morgan fingerprint density at radius 3 is 2.59 bits per heavy atom. The third-order valence-corrected chi connectivity index (χ3v) is 3.37. The van der Waals surface area contributed by atoms with Gasteiger partial charge in [-0.15, -0.1) is 0 Å². The highest BCUT2D eigenvalue weighted by Crippen LogP contribution is 2.34. The molecule has 0 bridgehead atoms. The minimum Gasteiger partial charge on any atom is -0.372 e. The first-order valence-corrected chi connectivity index (χ1v) is 7.98. The van der Waals surface area contributed by atoms with Crippen molar-refractivity contribution in [3.8, 4) is 6.07 Å². The van der Waals surface area contributed by atoms with Gasteiger partial charge in [-0.2, -0.15) is 23.4 Å². The highest BCUT2D eigenvalue weighted by atomic mass is 19.4. The van der Waals surface area contributed by atoms with Crippen LogP contribution in [0.5, 0.6) is 0 Å². The van der Waals surface area contributed by atoms with Gasteiger partial charge in [0.25, 0.3) is 0 Å². The molecule has 0 aliphatic carbocycles. The van der Waals surface area contributed by atoms with E-state index in [9.17, 15) is 13.2 Å². The molecule has 1 aromatic carbocycles. The number of nitrogens with zero attached hydrogens (tertiary/aromatic N) is 3. The summed E-state index contributed by atoms with van der Waals surface area (Å²) in [5.74, 6) is -0.378. The summed E-state index contributed by atoms with van der Waals surface area (Å²) in [7, 11) is 0. The lowest BCUT2D eigenvalue weighted by Crippen LogP contribution is -2.18. The Labute approximate surface area is 154 Å². The average molecular weight is 377 g/mol. The van der Waals surface area contributed by atoms with Gasteiger partial charge in [0.15, 0.2) is 0 Å². The zero-order valence-corrected chi connectivity index (χ0v) is 14.6.